The Kier molecular flexibility index (Phi) is 3.82. The molecule has 0 bridgehead atoms. The molecule has 0 aliphatic carbocycles. The molecule has 0 radical (unpaired) electrons. The molecule has 0 saturated heterocycles. The van der Waals surface area contributed by atoms with E-state index in [2.05, 4.69) is 10.3 Å². The van der Waals surface area contributed by atoms with Crippen LogP contribution >= 0.6 is 0 Å². The fourth-order valence-electron chi connectivity index (χ4n) is 1.74. The second-order valence-electron chi connectivity index (χ2n) is 4.18. The summed E-state index contributed by atoms with van der Waals surface area (Å²) in [4.78, 5) is 25.2. The minimum absolute atomic E-state index is 0.0220. The molecule has 0 saturated carbocycles. The molecule has 2 aromatic rings. The zero-order valence-corrected chi connectivity index (χ0v) is 10.1. The minimum Gasteiger partial charge on any atom is -0.479 e. The maximum atomic E-state index is 11.8. The maximum Gasteiger partial charge on any atom is 0.332 e. The van der Waals surface area contributed by atoms with Gasteiger partial charge in [0.2, 0.25) is 0 Å². The number of aromatic amines is 1. The van der Waals surface area contributed by atoms with Gasteiger partial charge in [0.05, 0.1) is 0 Å². The minimum atomic E-state index is -1.45. The number of carboxylic acid groups (broad SMARTS) is 1. The molecule has 0 aliphatic rings. The SMILES string of the molecule is O=C(NCC[C@H](O)C(=O)O)c1ccc2cc[nH]c2c1. The van der Waals surface area contributed by atoms with Gasteiger partial charge in [0.25, 0.3) is 5.91 Å². The smallest absolute Gasteiger partial charge is 0.332 e. The number of H-pyrrole nitrogens is 1. The first kappa shape index (κ1) is 13.1. The topological polar surface area (TPSA) is 102 Å². The quantitative estimate of drug-likeness (QED) is 0.638. The number of hydrogen-bond donors (Lipinski definition) is 4. The highest BCUT2D eigenvalue weighted by Crippen LogP contribution is 2.13. The number of aromatic nitrogens is 1. The van der Waals surface area contributed by atoms with E-state index >= 15 is 0 Å². The first-order chi connectivity index (χ1) is 9.08. The highest BCUT2D eigenvalue weighted by molar-refractivity contribution is 5.97. The van der Waals surface area contributed by atoms with Gasteiger partial charge < -0.3 is 20.5 Å². The van der Waals surface area contributed by atoms with Crippen molar-refractivity contribution >= 4 is 22.8 Å². The lowest BCUT2D eigenvalue weighted by Crippen LogP contribution is -2.30. The predicted molar refractivity (Wildman–Crippen MR) is 68.9 cm³/mol. The van der Waals surface area contributed by atoms with Crippen LogP contribution in [0.4, 0.5) is 0 Å². The number of carboxylic acids is 1. The van der Waals surface area contributed by atoms with Crippen molar-refractivity contribution in [1.82, 2.24) is 10.3 Å². The van der Waals surface area contributed by atoms with Gasteiger partial charge in [-0.3, -0.25) is 4.79 Å². The van der Waals surface area contributed by atoms with Crippen LogP contribution < -0.4 is 5.32 Å². The van der Waals surface area contributed by atoms with E-state index in [0.717, 1.165) is 10.9 Å². The van der Waals surface area contributed by atoms with E-state index < -0.39 is 12.1 Å². The molecule has 100 valence electrons. The standard InChI is InChI=1S/C13H14N2O4/c16-11(13(18)19)4-6-15-12(17)9-2-1-8-3-5-14-10(8)7-9/h1-3,5,7,11,14,16H,4,6H2,(H,15,17)(H,18,19)/t11-/m0/s1. The molecular formula is C13H14N2O4. The van der Waals surface area contributed by atoms with Gasteiger partial charge in [0.15, 0.2) is 6.10 Å². The molecule has 1 heterocycles. The van der Waals surface area contributed by atoms with Gasteiger partial charge in [0.1, 0.15) is 0 Å². The van der Waals surface area contributed by atoms with Crippen LogP contribution in [0, 0.1) is 0 Å². The van der Waals surface area contributed by atoms with Crippen molar-refractivity contribution in [2.45, 2.75) is 12.5 Å². The van der Waals surface area contributed by atoms with Crippen LogP contribution in [0.5, 0.6) is 0 Å². The summed E-state index contributed by atoms with van der Waals surface area (Å²) in [5.41, 5.74) is 1.35. The average molecular weight is 262 g/mol. The van der Waals surface area contributed by atoms with Gasteiger partial charge >= 0.3 is 5.97 Å². The van der Waals surface area contributed by atoms with Crippen LogP contribution in [0.2, 0.25) is 0 Å². The fourth-order valence-corrected chi connectivity index (χ4v) is 1.74. The molecule has 2 rings (SSSR count). The molecule has 6 heteroatoms. The lowest BCUT2D eigenvalue weighted by molar-refractivity contribution is -0.146. The molecule has 0 fully saturated rings. The third-order valence-corrected chi connectivity index (χ3v) is 2.81. The first-order valence-electron chi connectivity index (χ1n) is 5.84. The molecular weight excluding hydrogens is 248 g/mol. The second kappa shape index (κ2) is 5.53. The number of amides is 1. The van der Waals surface area contributed by atoms with E-state index in [-0.39, 0.29) is 18.9 Å². The van der Waals surface area contributed by atoms with Crippen molar-refractivity contribution in [3.05, 3.63) is 36.0 Å². The summed E-state index contributed by atoms with van der Waals surface area (Å²) in [7, 11) is 0. The van der Waals surface area contributed by atoms with E-state index in [0.29, 0.717) is 5.56 Å². The third-order valence-electron chi connectivity index (χ3n) is 2.81. The summed E-state index contributed by atoms with van der Waals surface area (Å²) in [6, 6.07) is 7.14. The average Bonchev–Trinajstić information content (AvgIpc) is 2.85. The highest BCUT2D eigenvalue weighted by Gasteiger charge is 2.13. The number of aliphatic hydroxyl groups is 1. The molecule has 1 aromatic carbocycles. The summed E-state index contributed by atoms with van der Waals surface area (Å²) in [5, 5.41) is 21.1. The Hall–Kier alpha value is -2.34. The van der Waals surface area contributed by atoms with Crippen LogP contribution in [0.1, 0.15) is 16.8 Å². The number of carbonyl (C=O) groups excluding carboxylic acids is 1. The van der Waals surface area contributed by atoms with E-state index in [1.54, 1.807) is 18.3 Å². The summed E-state index contributed by atoms with van der Waals surface area (Å²) >= 11 is 0. The maximum absolute atomic E-state index is 11.8. The summed E-state index contributed by atoms with van der Waals surface area (Å²) in [6.45, 7) is 0.106. The van der Waals surface area contributed by atoms with E-state index in [1.165, 1.54) is 0 Å². The van der Waals surface area contributed by atoms with Crippen LogP contribution in [0.15, 0.2) is 30.5 Å². The highest BCUT2D eigenvalue weighted by atomic mass is 16.4. The number of rotatable bonds is 5. The first-order valence-corrected chi connectivity index (χ1v) is 5.84. The summed E-state index contributed by atoms with van der Waals surface area (Å²) < 4.78 is 0. The normalized spacial score (nSPS) is 12.3. The van der Waals surface area contributed by atoms with Gasteiger partial charge in [-0.2, -0.15) is 0 Å². The number of aliphatic carboxylic acids is 1. The van der Waals surface area contributed by atoms with E-state index in [4.69, 9.17) is 10.2 Å². The monoisotopic (exact) mass is 262 g/mol. The molecule has 1 aromatic heterocycles. The Morgan fingerprint density at radius 3 is 2.84 bits per heavy atom. The Labute approximate surface area is 109 Å². The van der Waals surface area contributed by atoms with E-state index in [1.807, 2.05) is 12.1 Å². The second-order valence-corrected chi connectivity index (χ2v) is 4.18. The predicted octanol–water partition coefficient (Wildman–Crippen LogP) is 0.733. The molecule has 6 nitrogen and oxygen atoms in total. The van der Waals surface area contributed by atoms with Crippen molar-refractivity contribution in [1.29, 1.82) is 0 Å². The summed E-state index contributed by atoms with van der Waals surface area (Å²) in [5.74, 6) is -1.59. The van der Waals surface area contributed by atoms with Crippen molar-refractivity contribution in [3.63, 3.8) is 0 Å². The van der Waals surface area contributed by atoms with Gasteiger partial charge in [-0.25, -0.2) is 4.79 Å². The zero-order chi connectivity index (χ0) is 13.8. The number of fused-ring (bicyclic) bond motifs is 1. The lowest BCUT2D eigenvalue weighted by atomic mass is 10.1. The number of benzene rings is 1. The number of hydrogen-bond acceptors (Lipinski definition) is 3. The largest absolute Gasteiger partial charge is 0.479 e. The Morgan fingerprint density at radius 2 is 2.11 bits per heavy atom. The fraction of sp³-hybridized carbons (Fsp3) is 0.231. The van der Waals surface area contributed by atoms with Crippen LogP contribution in [0.3, 0.4) is 0 Å². The van der Waals surface area contributed by atoms with E-state index in [9.17, 15) is 9.59 Å². The Bertz CT molecular complexity index is 605. The molecule has 4 N–H and O–H groups in total. The third kappa shape index (κ3) is 3.11. The van der Waals surface area contributed by atoms with Gasteiger partial charge in [0, 0.05) is 30.2 Å². The molecule has 1 amide bonds. The van der Waals surface area contributed by atoms with Crippen molar-refractivity contribution in [2.75, 3.05) is 6.54 Å². The molecule has 19 heavy (non-hydrogen) atoms. The Balaban J connectivity index is 1.94. The van der Waals surface area contributed by atoms with Crippen molar-refractivity contribution in [2.24, 2.45) is 0 Å². The van der Waals surface area contributed by atoms with Crippen LogP contribution in [-0.4, -0.2) is 39.7 Å². The lowest BCUT2D eigenvalue weighted by Gasteiger charge is -2.07. The molecule has 0 spiro atoms. The van der Waals surface area contributed by atoms with Crippen LogP contribution in [-0.2, 0) is 4.79 Å². The van der Waals surface area contributed by atoms with Gasteiger partial charge in [-0.1, -0.05) is 6.07 Å². The zero-order valence-electron chi connectivity index (χ0n) is 10.1. The van der Waals surface area contributed by atoms with Gasteiger partial charge in [-0.15, -0.1) is 0 Å². The molecule has 0 unspecified atom stereocenters. The number of aliphatic hydroxyl groups excluding tert-OH is 1. The van der Waals surface area contributed by atoms with Crippen LogP contribution in [0.25, 0.3) is 10.9 Å². The molecule has 0 aliphatic heterocycles. The van der Waals surface area contributed by atoms with Gasteiger partial charge in [-0.05, 0) is 23.6 Å². The Morgan fingerprint density at radius 1 is 1.32 bits per heavy atom. The molecule has 1 atom stereocenters. The van der Waals surface area contributed by atoms with Crippen molar-refractivity contribution < 1.29 is 19.8 Å². The summed E-state index contributed by atoms with van der Waals surface area (Å²) in [6.07, 6.45) is 0.313. The number of nitrogens with one attached hydrogen (secondary N) is 2. The van der Waals surface area contributed by atoms with Crippen molar-refractivity contribution in [3.8, 4) is 0 Å². The number of carbonyl (C=O) groups is 2.